The van der Waals surface area contributed by atoms with E-state index in [-0.39, 0.29) is 29.3 Å². The summed E-state index contributed by atoms with van der Waals surface area (Å²) in [6, 6.07) is 12.3. The van der Waals surface area contributed by atoms with Gasteiger partial charge in [-0.1, -0.05) is 35.9 Å². The minimum absolute atomic E-state index is 0.0386. The smallest absolute Gasteiger partial charge is 0.226 e. The Morgan fingerprint density at radius 2 is 1.80 bits per heavy atom. The number of carbonyl (C=O) groups excluding carboxylic acids is 1. The van der Waals surface area contributed by atoms with Crippen molar-refractivity contribution in [1.29, 1.82) is 0 Å². The Hall–Kier alpha value is -2.23. The predicted octanol–water partition coefficient (Wildman–Crippen LogP) is 4.57. The number of hydrogen-bond donors (Lipinski definition) is 0. The summed E-state index contributed by atoms with van der Waals surface area (Å²) < 4.78 is 28.0. The van der Waals surface area contributed by atoms with Gasteiger partial charge in [0.1, 0.15) is 11.6 Å². The van der Waals surface area contributed by atoms with E-state index in [4.69, 9.17) is 0 Å². The molecule has 2 fully saturated rings. The molecule has 4 rings (SSSR count). The molecule has 0 heterocycles. The van der Waals surface area contributed by atoms with Gasteiger partial charge in [0.2, 0.25) is 5.91 Å². The van der Waals surface area contributed by atoms with Crippen LogP contribution in [0, 0.1) is 24.5 Å². The first-order valence-electron chi connectivity index (χ1n) is 8.84. The lowest BCUT2D eigenvalue weighted by atomic mass is 10.1. The Kier molecular flexibility index (Phi) is 4.06. The predicted molar refractivity (Wildman–Crippen MR) is 92.0 cm³/mol. The number of benzene rings is 2. The molecule has 0 aliphatic heterocycles. The molecule has 1 amide bonds. The van der Waals surface area contributed by atoms with Gasteiger partial charge in [0.25, 0.3) is 0 Å². The number of rotatable bonds is 5. The van der Waals surface area contributed by atoms with Gasteiger partial charge in [0.05, 0.1) is 0 Å². The van der Waals surface area contributed by atoms with Crippen molar-refractivity contribution < 1.29 is 13.6 Å². The fraction of sp³-hybridized carbons (Fsp3) is 0.381. The van der Waals surface area contributed by atoms with E-state index in [9.17, 15) is 13.6 Å². The van der Waals surface area contributed by atoms with Gasteiger partial charge in [-0.15, -0.1) is 0 Å². The van der Waals surface area contributed by atoms with E-state index < -0.39 is 11.6 Å². The maximum atomic E-state index is 14.0. The van der Waals surface area contributed by atoms with Crippen molar-refractivity contribution in [2.75, 3.05) is 0 Å². The van der Waals surface area contributed by atoms with Crippen molar-refractivity contribution in [1.82, 2.24) is 4.90 Å². The third-order valence-electron chi connectivity index (χ3n) is 5.18. The summed E-state index contributed by atoms with van der Waals surface area (Å²) in [6.07, 6.45) is 2.57. The molecule has 2 aromatic carbocycles. The maximum absolute atomic E-state index is 14.0. The van der Waals surface area contributed by atoms with Gasteiger partial charge in [0.15, 0.2) is 0 Å². The number of nitrogens with zero attached hydrogens (tertiary/aromatic N) is 1. The zero-order valence-corrected chi connectivity index (χ0v) is 14.2. The van der Waals surface area contributed by atoms with Gasteiger partial charge in [-0.05, 0) is 43.9 Å². The van der Waals surface area contributed by atoms with E-state index >= 15 is 0 Å². The van der Waals surface area contributed by atoms with Crippen LogP contribution in [-0.4, -0.2) is 16.8 Å². The quantitative estimate of drug-likeness (QED) is 0.780. The van der Waals surface area contributed by atoms with E-state index in [1.54, 1.807) is 0 Å². The Morgan fingerprint density at radius 1 is 1.12 bits per heavy atom. The van der Waals surface area contributed by atoms with Crippen molar-refractivity contribution in [2.24, 2.45) is 5.92 Å². The van der Waals surface area contributed by atoms with Gasteiger partial charge in [0, 0.05) is 30.0 Å². The zero-order chi connectivity index (χ0) is 17.6. The average molecular weight is 341 g/mol. The molecule has 2 aromatic rings. The zero-order valence-electron chi connectivity index (χ0n) is 14.2. The maximum Gasteiger partial charge on any atom is 0.226 e. The standard InChI is InChI=1S/C21H21F2NO/c1-13-4-2-5-14(10-13)12-24(15-8-9-15)21(25)17-11-16(17)20-18(22)6-3-7-19(20)23/h2-7,10,15-17H,8-9,11-12H2,1H3. The molecule has 0 spiro atoms. The van der Waals surface area contributed by atoms with Gasteiger partial charge in [-0.25, -0.2) is 8.78 Å². The van der Waals surface area contributed by atoms with Crippen molar-refractivity contribution in [3.8, 4) is 0 Å². The fourth-order valence-corrected chi connectivity index (χ4v) is 3.65. The Labute approximate surface area is 146 Å². The molecule has 0 radical (unpaired) electrons. The van der Waals surface area contributed by atoms with Crippen LogP contribution in [0.5, 0.6) is 0 Å². The molecule has 0 N–H and O–H groups in total. The van der Waals surface area contributed by atoms with Crippen molar-refractivity contribution in [3.63, 3.8) is 0 Å². The van der Waals surface area contributed by atoms with Gasteiger partial charge >= 0.3 is 0 Å². The van der Waals surface area contributed by atoms with Crippen LogP contribution < -0.4 is 0 Å². The van der Waals surface area contributed by atoms with Crippen LogP contribution in [0.25, 0.3) is 0 Å². The molecular formula is C21H21F2NO. The molecule has 130 valence electrons. The third kappa shape index (κ3) is 3.30. The first-order chi connectivity index (χ1) is 12.0. The lowest BCUT2D eigenvalue weighted by molar-refractivity contribution is -0.133. The van der Waals surface area contributed by atoms with Crippen LogP contribution >= 0.6 is 0 Å². The summed E-state index contributed by atoms with van der Waals surface area (Å²) in [4.78, 5) is 14.9. The molecule has 0 bridgehead atoms. The largest absolute Gasteiger partial charge is 0.335 e. The number of hydrogen-bond acceptors (Lipinski definition) is 1. The Bertz CT molecular complexity index is 795. The Morgan fingerprint density at radius 3 is 2.44 bits per heavy atom. The minimum Gasteiger partial charge on any atom is -0.335 e. The highest BCUT2D eigenvalue weighted by molar-refractivity contribution is 5.83. The third-order valence-corrected chi connectivity index (χ3v) is 5.18. The van der Waals surface area contributed by atoms with Crippen LogP contribution in [0.4, 0.5) is 8.78 Å². The molecule has 2 aliphatic rings. The molecule has 2 aliphatic carbocycles. The van der Waals surface area contributed by atoms with Gasteiger partial charge in [-0.3, -0.25) is 4.79 Å². The molecule has 2 unspecified atom stereocenters. The molecular weight excluding hydrogens is 320 g/mol. The summed E-state index contributed by atoms with van der Waals surface area (Å²) in [5.74, 6) is -1.67. The molecule has 25 heavy (non-hydrogen) atoms. The monoisotopic (exact) mass is 341 g/mol. The summed E-state index contributed by atoms with van der Waals surface area (Å²) in [6.45, 7) is 2.61. The highest BCUT2D eigenvalue weighted by atomic mass is 19.1. The molecule has 0 aromatic heterocycles. The van der Waals surface area contributed by atoms with Crippen LogP contribution in [0.15, 0.2) is 42.5 Å². The molecule has 0 saturated heterocycles. The summed E-state index contributed by atoms with van der Waals surface area (Å²) in [7, 11) is 0. The van der Waals surface area contributed by atoms with E-state index in [1.807, 2.05) is 30.0 Å². The first kappa shape index (κ1) is 16.2. The summed E-state index contributed by atoms with van der Waals surface area (Å²) in [5.41, 5.74) is 2.35. The number of amides is 1. The summed E-state index contributed by atoms with van der Waals surface area (Å²) >= 11 is 0. The normalized spacial score (nSPS) is 21.9. The molecule has 2 atom stereocenters. The second-order valence-corrected chi connectivity index (χ2v) is 7.27. The fourth-order valence-electron chi connectivity index (χ4n) is 3.65. The SMILES string of the molecule is Cc1cccc(CN(C(=O)C2CC2c2c(F)cccc2F)C2CC2)c1. The topological polar surface area (TPSA) is 20.3 Å². The lowest BCUT2D eigenvalue weighted by Crippen LogP contribution is -2.34. The van der Waals surface area contributed by atoms with Crippen LogP contribution in [0.3, 0.4) is 0 Å². The van der Waals surface area contributed by atoms with Gasteiger partial charge < -0.3 is 4.90 Å². The van der Waals surface area contributed by atoms with E-state index in [0.29, 0.717) is 13.0 Å². The molecule has 4 heteroatoms. The van der Waals surface area contributed by atoms with Crippen molar-refractivity contribution in [2.45, 2.75) is 44.7 Å². The van der Waals surface area contributed by atoms with Crippen molar-refractivity contribution in [3.05, 3.63) is 70.8 Å². The van der Waals surface area contributed by atoms with Crippen molar-refractivity contribution >= 4 is 5.91 Å². The average Bonchev–Trinajstić information content (AvgIpc) is 3.45. The van der Waals surface area contributed by atoms with Gasteiger partial charge in [-0.2, -0.15) is 0 Å². The molecule has 2 saturated carbocycles. The minimum atomic E-state index is -0.544. The number of carbonyl (C=O) groups is 1. The highest BCUT2D eigenvalue weighted by Gasteiger charge is 2.50. The second kappa shape index (κ2) is 6.25. The second-order valence-electron chi connectivity index (χ2n) is 7.27. The number of aryl methyl sites for hydroxylation is 1. The molecule has 2 nitrogen and oxygen atoms in total. The van der Waals surface area contributed by atoms with E-state index in [1.165, 1.54) is 23.8 Å². The van der Waals surface area contributed by atoms with E-state index in [2.05, 4.69) is 6.07 Å². The summed E-state index contributed by atoms with van der Waals surface area (Å²) in [5, 5.41) is 0. The van der Waals surface area contributed by atoms with Crippen LogP contribution in [0.1, 0.15) is 41.9 Å². The van der Waals surface area contributed by atoms with E-state index in [0.717, 1.165) is 18.4 Å². The lowest BCUT2D eigenvalue weighted by Gasteiger charge is -2.23. The highest BCUT2D eigenvalue weighted by Crippen LogP contribution is 2.51. The first-order valence-corrected chi connectivity index (χ1v) is 8.84. The van der Waals surface area contributed by atoms with Crippen LogP contribution in [0.2, 0.25) is 0 Å². The van der Waals surface area contributed by atoms with Crippen LogP contribution in [-0.2, 0) is 11.3 Å². The Balaban J connectivity index is 1.51. The number of halogens is 2.